The summed E-state index contributed by atoms with van der Waals surface area (Å²) in [5, 5.41) is 20.4. The molecule has 2 aromatic rings. The quantitative estimate of drug-likeness (QED) is 0.724. The third-order valence-corrected chi connectivity index (χ3v) is 3.70. The summed E-state index contributed by atoms with van der Waals surface area (Å²) in [6, 6.07) is 6.01. The molecule has 6 nitrogen and oxygen atoms in total. The smallest absolute Gasteiger partial charge is 0.156 e. The van der Waals surface area contributed by atoms with E-state index in [0.29, 0.717) is 13.1 Å². The Bertz CT molecular complexity index is 641. The van der Waals surface area contributed by atoms with E-state index in [1.165, 1.54) is 0 Å². The number of H-pyrrole nitrogens is 1. The number of rotatable bonds is 7. The first-order valence-corrected chi connectivity index (χ1v) is 8.27. The molecule has 1 aromatic carbocycles. The Labute approximate surface area is 143 Å². The minimum atomic E-state index is -0.589. The van der Waals surface area contributed by atoms with Gasteiger partial charge in [-0.3, -0.25) is 5.10 Å². The van der Waals surface area contributed by atoms with Crippen molar-refractivity contribution in [3.05, 3.63) is 41.0 Å². The van der Waals surface area contributed by atoms with E-state index < -0.39 is 6.10 Å². The molecule has 0 spiro atoms. The molecule has 0 saturated carbocycles. The van der Waals surface area contributed by atoms with Crippen LogP contribution in [0.3, 0.4) is 0 Å². The Kier molecular flexibility index (Phi) is 5.96. The van der Waals surface area contributed by atoms with E-state index in [2.05, 4.69) is 41.3 Å². The van der Waals surface area contributed by atoms with Crippen LogP contribution in [0.25, 0.3) is 0 Å². The number of hydrogen-bond acceptors (Lipinski definition) is 5. The number of aliphatic hydroxyl groups is 1. The zero-order chi connectivity index (χ0) is 17.7. The maximum Gasteiger partial charge on any atom is 0.156 e. The zero-order valence-corrected chi connectivity index (χ0v) is 15.2. The Balaban J connectivity index is 1.75. The first-order chi connectivity index (χ1) is 11.3. The molecule has 0 aliphatic heterocycles. The summed E-state index contributed by atoms with van der Waals surface area (Å²) in [5.41, 5.74) is 2.08. The lowest BCUT2D eigenvalue weighted by Gasteiger charge is -2.16. The molecule has 0 fully saturated rings. The fraction of sp³-hybridized carbons (Fsp3) is 0.556. The Hall–Kier alpha value is -1.92. The van der Waals surface area contributed by atoms with Crippen LogP contribution in [-0.2, 0) is 12.0 Å². The van der Waals surface area contributed by atoms with Crippen molar-refractivity contribution in [2.24, 2.45) is 0 Å². The Morgan fingerprint density at radius 2 is 1.92 bits per heavy atom. The van der Waals surface area contributed by atoms with Crippen LogP contribution < -0.4 is 10.1 Å². The van der Waals surface area contributed by atoms with Crippen molar-refractivity contribution in [3.8, 4) is 5.75 Å². The first-order valence-electron chi connectivity index (χ1n) is 8.27. The highest BCUT2D eigenvalue weighted by Crippen LogP contribution is 2.22. The van der Waals surface area contributed by atoms with Gasteiger partial charge in [-0.05, 0) is 25.0 Å². The van der Waals surface area contributed by atoms with Gasteiger partial charge in [-0.2, -0.15) is 5.10 Å². The van der Waals surface area contributed by atoms with Gasteiger partial charge in [0, 0.05) is 12.0 Å². The Morgan fingerprint density at radius 3 is 2.50 bits per heavy atom. The molecule has 1 unspecified atom stereocenters. The normalized spacial score (nSPS) is 13.1. The molecule has 132 valence electrons. The van der Waals surface area contributed by atoms with Gasteiger partial charge in [-0.15, -0.1) is 0 Å². The van der Waals surface area contributed by atoms with Gasteiger partial charge in [0.2, 0.25) is 0 Å². The van der Waals surface area contributed by atoms with Gasteiger partial charge in [0.25, 0.3) is 0 Å². The molecular formula is C18H28N4O2. The summed E-state index contributed by atoms with van der Waals surface area (Å²) in [5.74, 6) is 2.41. The number of aromatic nitrogens is 3. The fourth-order valence-corrected chi connectivity index (χ4v) is 2.33. The molecular weight excluding hydrogens is 304 g/mol. The second-order valence-corrected chi connectivity index (χ2v) is 7.17. The van der Waals surface area contributed by atoms with E-state index in [4.69, 9.17) is 4.74 Å². The SMILES string of the molecule is Cc1cccc(C)c1OCC(O)CNCc1nc(C(C)(C)C)n[nH]1. The zero-order valence-electron chi connectivity index (χ0n) is 15.2. The molecule has 0 bridgehead atoms. The van der Waals surface area contributed by atoms with Crippen molar-refractivity contribution in [1.82, 2.24) is 20.5 Å². The molecule has 0 saturated heterocycles. The van der Waals surface area contributed by atoms with Crippen molar-refractivity contribution in [3.63, 3.8) is 0 Å². The van der Waals surface area contributed by atoms with Crippen LogP contribution in [0.15, 0.2) is 18.2 Å². The second-order valence-electron chi connectivity index (χ2n) is 7.17. The van der Waals surface area contributed by atoms with Crippen molar-refractivity contribution in [2.75, 3.05) is 13.2 Å². The van der Waals surface area contributed by atoms with Crippen molar-refractivity contribution in [1.29, 1.82) is 0 Å². The molecule has 3 N–H and O–H groups in total. The molecule has 1 heterocycles. The number of aliphatic hydroxyl groups excluding tert-OH is 1. The van der Waals surface area contributed by atoms with Gasteiger partial charge in [-0.1, -0.05) is 39.0 Å². The lowest BCUT2D eigenvalue weighted by Crippen LogP contribution is -2.31. The minimum Gasteiger partial charge on any atom is -0.490 e. The highest BCUT2D eigenvalue weighted by molar-refractivity contribution is 5.39. The number of nitrogens with one attached hydrogen (secondary N) is 2. The monoisotopic (exact) mass is 332 g/mol. The molecule has 0 aliphatic carbocycles. The second kappa shape index (κ2) is 7.77. The lowest BCUT2D eigenvalue weighted by molar-refractivity contribution is 0.105. The minimum absolute atomic E-state index is 0.0759. The highest BCUT2D eigenvalue weighted by atomic mass is 16.5. The number of ether oxygens (including phenoxy) is 1. The summed E-state index contributed by atoms with van der Waals surface area (Å²) < 4.78 is 5.76. The van der Waals surface area contributed by atoms with E-state index in [1.807, 2.05) is 32.0 Å². The van der Waals surface area contributed by atoms with Crippen LogP contribution in [0, 0.1) is 13.8 Å². The molecule has 24 heavy (non-hydrogen) atoms. The van der Waals surface area contributed by atoms with Gasteiger partial charge >= 0.3 is 0 Å². The van der Waals surface area contributed by atoms with Gasteiger partial charge in [0.05, 0.1) is 6.54 Å². The average molecular weight is 332 g/mol. The third kappa shape index (κ3) is 5.04. The van der Waals surface area contributed by atoms with Gasteiger partial charge in [0.15, 0.2) is 5.82 Å². The summed E-state index contributed by atoms with van der Waals surface area (Å²) >= 11 is 0. The number of benzene rings is 1. The van der Waals surface area contributed by atoms with Crippen molar-refractivity contribution < 1.29 is 9.84 Å². The van der Waals surface area contributed by atoms with Gasteiger partial charge in [-0.25, -0.2) is 4.98 Å². The molecule has 0 amide bonds. The average Bonchev–Trinajstić information content (AvgIpc) is 2.96. The van der Waals surface area contributed by atoms with Crippen molar-refractivity contribution >= 4 is 0 Å². The van der Waals surface area contributed by atoms with Crippen molar-refractivity contribution in [2.45, 2.75) is 52.7 Å². The lowest BCUT2D eigenvalue weighted by atomic mass is 9.96. The maximum atomic E-state index is 10.1. The number of aryl methyl sites for hydroxylation is 2. The number of hydrogen-bond donors (Lipinski definition) is 3. The number of nitrogens with zero attached hydrogens (tertiary/aromatic N) is 2. The molecule has 2 rings (SSSR count). The maximum absolute atomic E-state index is 10.1. The number of para-hydroxylation sites is 1. The van der Waals surface area contributed by atoms with Crippen LogP contribution in [-0.4, -0.2) is 39.5 Å². The molecule has 0 aliphatic rings. The molecule has 1 atom stereocenters. The predicted molar refractivity (Wildman–Crippen MR) is 94.2 cm³/mol. The van der Waals surface area contributed by atoms with Crippen LogP contribution in [0.5, 0.6) is 5.75 Å². The van der Waals surface area contributed by atoms with E-state index in [-0.39, 0.29) is 12.0 Å². The summed E-state index contributed by atoms with van der Waals surface area (Å²) in [6.07, 6.45) is -0.589. The predicted octanol–water partition coefficient (Wildman–Crippen LogP) is 2.25. The van der Waals surface area contributed by atoms with Crippen LogP contribution >= 0.6 is 0 Å². The molecule has 0 radical (unpaired) electrons. The van der Waals surface area contributed by atoms with Crippen LogP contribution in [0.4, 0.5) is 0 Å². The fourth-order valence-electron chi connectivity index (χ4n) is 2.33. The largest absolute Gasteiger partial charge is 0.490 e. The molecule has 1 aromatic heterocycles. The van der Waals surface area contributed by atoms with Crippen LogP contribution in [0.2, 0.25) is 0 Å². The number of aromatic amines is 1. The third-order valence-electron chi connectivity index (χ3n) is 3.70. The highest BCUT2D eigenvalue weighted by Gasteiger charge is 2.19. The summed E-state index contributed by atoms with van der Waals surface area (Å²) in [7, 11) is 0. The van der Waals surface area contributed by atoms with Gasteiger partial charge in [0.1, 0.15) is 24.3 Å². The van der Waals surface area contributed by atoms with Crippen LogP contribution in [0.1, 0.15) is 43.5 Å². The summed E-state index contributed by atoms with van der Waals surface area (Å²) in [4.78, 5) is 4.45. The standard InChI is InChI=1S/C18H28N4O2/c1-12-7-6-8-13(2)16(12)24-11-14(23)9-19-10-15-20-17(22-21-15)18(3,4)5/h6-8,14,19,23H,9-11H2,1-5H3,(H,20,21,22). The van der Waals surface area contributed by atoms with E-state index in [1.54, 1.807) is 0 Å². The molecule has 6 heteroatoms. The van der Waals surface area contributed by atoms with Gasteiger partial charge < -0.3 is 15.2 Å². The topological polar surface area (TPSA) is 83.1 Å². The van der Waals surface area contributed by atoms with E-state index in [0.717, 1.165) is 28.5 Å². The van der Waals surface area contributed by atoms with E-state index >= 15 is 0 Å². The van der Waals surface area contributed by atoms with E-state index in [9.17, 15) is 5.11 Å². The first kappa shape index (κ1) is 18.4. The Morgan fingerprint density at radius 1 is 1.25 bits per heavy atom. The summed E-state index contributed by atoms with van der Waals surface area (Å²) in [6.45, 7) is 11.4.